The second-order valence-electron chi connectivity index (χ2n) is 8.55. The topological polar surface area (TPSA) is 85.6 Å². The highest BCUT2D eigenvalue weighted by Crippen LogP contribution is 2.30. The first kappa shape index (κ1) is 25.0. The summed E-state index contributed by atoms with van der Waals surface area (Å²) in [5, 5.41) is 6.77. The molecule has 0 aliphatic heterocycles. The number of halogens is 3. The molecule has 0 radical (unpaired) electrons. The lowest BCUT2D eigenvalue weighted by Gasteiger charge is -2.15. The largest absolute Gasteiger partial charge is 0.324 e. The van der Waals surface area contributed by atoms with Crippen LogP contribution in [0.15, 0.2) is 55.2 Å². The standard InChI is InChI=1S/C26H25F3N6O/c1-4-35-15-18(11-33-35)8-24-31-12-19(13-32-24)21-6-5-17(7-23(21)27)9-25(36)34-20-10-22(26(3,28)29)16(2)30-14-20/h5-7,10-15H,4,8-9H2,1-3H3,(H,34,36). The third-order valence-electron chi connectivity index (χ3n) is 5.63. The van der Waals surface area contributed by atoms with Crippen LogP contribution >= 0.6 is 0 Å². The van der Waals surface area contributed by atoms with Gasteiger partial charge in [0.05, 0.1) is 24.5 Å². The van der Waals surface area contributed by atoms with E-state index in [1.807, 2.05) is 17.8 Å². The monoisotopic (exact) mass is 494 g/mol. The first-order valence-electron chi connectivity index (χ1n) is 11.4. The Morgan fingerprint density at radius 1 is 1.06 bits per heavy atom. The number of aromatic nitrogens is 5. The summed E-state index contributed by atoms with van der Waals surface area (Å²) < 4.78 is 44.1. The summed E-state index contributed by atoms with van der Waals surface area (Å²) in [5.74, 6) is -3.49. The Kier molecular flexibility index (Phi) is 7.14. The van der Waals surface area contributed by atoms with Gasteiger partial charge in [0.2, 0.25) is 5.91 Å². The third-order valence-corrected chi connectivity index (χ3v) is 5.63. The van der Waals surface area contributed by atoms with Crippen molar-refractivity contribution in [2.75, 3.05) is 5.32 Å². The Bertz CT molecular complexity index is 1380. The predicted octanol–water partition coefficient (Wildman–Crippen LogP) is 5.09. The molecular weight excluding hydrogens is 469 g/mol. The molecule has 1 aromatic carbocycles. The maximum atomic E-state index is 14.8. The first-order chi connectivity index (χ1) is 17.1. The van der Waals surface area contributed by atoms with Gasteiger partial charge in [-0.2, -0.15) is 5.10 Å². The van der Waals surface area contributed by atoms with Gasteiger partial charge >= 0.3 is 0 Å². The van der Waals surface area contributed by atoms with Crippen molar-refractivity contribution in [2.45, 2.75) is 46.1 Å². The Hall–Kier alpha value is -4.08. The zero-order valence-corrected chi connectivity index (χ0v) is 20.1. The Morgan fingerprint density at radius 3 is 2.44 bits per heavy atom. The molecule has 10 heteroatoms. The van der Waals surface area contributed by atoms with Crippen LogP contribution in [0.4, 0.5) is 18.9 Å². The number of benzene rings is 1. The molecule has 0 spiro atoms. The highest BCUT2D eigenvalue weighted by molar-refractivity contribution is 5.92. The second-order valence-corrected chi connectivity index (χ2v) is 8.55. The van der Waals surface area contributed by atoms with Crippen molar-refractivity contribution in [3.63, 3.8) is 0 Å². The number of alkyl halides is 2. The number of aryl methyl sites for hydroxylation is 2. The predicted molar refractivity (Wildman–Crippen MR) is 129 cm³/mol. The molecule has 0 atom stereocenters. The summed E-state index contributed by atoms with van der Waals surface area (Å²) >= 11 is 0. The number of nitrogens with zero attached hydrogens (tertiary/aromatic N) is 5. The van der Waals surface area contributed by atoms with E-state index in [4.69, 9.17) is 0 Å². The normalized spacial score (nSPS) is 11.5. The van der Waals surface area contributed by atoms with Crippen molar-refractivity contribution in [3.8, 4) is 11.1 Å². The molecule has 3 heterocycles. The van der Waals surface area contributed by atoms with Crippen molar-refractivity contribution >= 4 is 11.6 Å². The fraction of sp³-hybridized carbons (Fsp3) is 0.269. The van der Waals surface area contributed by atoms with Crippen molar-refractivity contribution in [2.24, 2.45) is 0 Å². The van der Waals surface area contributed by atoms with Crippen LogP contribution < -0.4 is 5.32 Å². The maximum absolute atomic E-state index is 14.8. The number of amides is 1. The van der Waals surface area contributed by atoms with Crippen LogP contribution in [0.2, 0.25) is 0 Å². The summed E-state index contributed by atoms with van der Waals surface area (Å²) in [6, 6.07) is 5.65. The number of rotatable bonds is 8. The average molecular weight is 495 g/mol. The quantitative estimate of drug-likeness (QED) is 0.369. The number of nitrogens with one attached hydrogen (secondary N) is 1. The minimum Gasteiger partial charge on any atom is -0.324 e. The SMILES string of the molecule is CCn1cc(Cc2ncc(-c3ccc(CC(=O)Nc4cnc(C)c(C(C)(F)F)c4)cc3F)cn2)cn1. The summed E-state index contributed by atoms with van der Waals surface area (Å²) in [6.07, 6.45) is 8.51. The van der Waals surface area contributed by atoms with Crippen LogP contribution in [0, 0.1) is 12.7 Å². The van der Waals surface area contributed by atoms with Crippen molar-refractivity contribution in [1.29, 1.82) is 0 Å². The molecule has 186 valence electrons. The first-order valence-corrected chi connectivity index (χ1v) is 11.4. The summed E-state index contributed by atoms with van der Waals surface area (Å²) in [6.45, 7) is 5.02. The minimum atomic E-state index is -3.09. The Balaban J connectivity index is 1.41. The molecule has 0 saturated carbocycles. The zero-order chi connectivity index (χ0) is 25.9. The highest BCUT2D eigenvalue weighted by atomic mass is 19.3. The van der Waals surface area contributed by atoms with E-state index in [1.54, 1.807) is 30.7 Å². The van der Waals surface area contributed by atoms with Gasteiger partial charge in [-0.1, -0.05) is 12.1 Å². The molecule has 7 nitrogen and oxygen atoms in total. The number of hydrogen-bond donors (Lipinski definition) is 1. The van der Waals surface area contributed by atoms with Gasteiger partial charge in [0, 0.05) is 60.9 Å². The number of hydrogen-bond acceptors (Lipinski definition) is 5. The summed E-state index contributed by atoms with van der Waals surface area (Å²) in [5.41, 5.74) is 2.30. The molecule has 4 rings (SSSR count). The number of carbonyl (C=O) groups excluding carboxylic acids is 1. The zero-order valence-electron chi connectivity index (χ0n) is 20.1. The molecule has 1 amide bonds. The van der Waals surface area contributed by atoms with Gasteiger partial charge in [0.15, 0.2) is 0 Å². The van der Waals surface area contributed by atoms with E-state index in [1.165, 1.54) is 25.3 Å². The van der Waals surface area contributed by atoms with Crippen LogP contribution in [0.5, 0.6) is 0 Å². The Labute approximate surface area is 206 Å². The summed E-state index contributed by atoms with van der Waals surface area (Å²) in [7, 11) is 0. The molecule has 0 saturated heterocycles. The van der Waals surface area contributed by atoms with Crippen molar-refractivity contribution in [3.05, 3.63) is 89.3 Å². The molecule has 0 aliphatic carbocycles. The van der Waals surface area contributed by atoms with E-state index < -0.39 is 17.6 Å². The highest BCUT2D eigenvalue weighted by Gasteiger charge is 2.27. The van der Waals surface area contributed by atoms with Crippen LogP contribution in [0.1, 0.15) is 42.1 Å². The average Bonchev–Trinajstić information content (AvgIpc) is 3.28. The lowest BCUT2D eigenvalue weighted by atomic mass is 10.0. The molecule has 0 fully saturated rings. The van der Waals surface area contributed by atoms with Crippen molar-refractivity contribution < 1.29 is 18.0 Å². The van der Waals surface area contributed by atoms with Crippen LogP contribution in [0.3, 0.4) is 0 Å². The molecule has 0 aliphatic rings. The second kappa shape index (κ2) is 10.3. The fourth-order valence-electron chi connectivity index (χ4n) is 3.78. The minimum absolute atomic E-state index is 0.135. The van der Waals surface area contributed by atoms with Gasteiger partial charge < -0.3 is 5.32 Å². The number of carbonyl (C=O) groups is 1. The molecule has 4 aromatic rings. The van der Waals surface area contributed by atoms with E-state index in [0.29, 0.717) is 28.9 Å². The van der Waals surface area contributed by atoms with E-state index >= 15 is 0 Å². The molecule has 0 unspecified atom stereocenters. The van der Waals surface area contributed by atoms with Crippen LogP contribution in [-0.2, 0) is 30.1 Å². The molecule has 0 bridgehead atoms. The smallest absolute Gasteiger partial charge is 0.272 e. The van der Waals surface area contributed by atoms with E-state index in [0.717, 1.165) is 19.0 Å². The maximum Gasteiger partial charge on any atom is 0.272 e. The van der Waals surface area contributed by atoms with Gasteiger partial charge in [0.1, 0.15) is 11.6 Å². The van der Waals surface area contributed by atoms with Gasteiger partial charge in [-0.3, -0.25) is 14.5 Å². The molecule has 3 aromatic heterocycles. The number of pyridine rings is 1. The van der Waals surface area contributed by atoms with Gasteiger partial charge in [-0.05, 0) is 37.1 Å². The molecule has 36 heavy (non-hydrogen) atoms. The van der Waals surface area contributed by atoms with Gasteiger partial charge in [-0.25, -0.2) is 23.1 Å². The number of anilines is 1. The van der Waals surface area contributed by atoms with E-state index in [9.17, 15) is 18.0 Å². The Morgan fingerprint density at radius 2 is 1.81 bits per heavy atom. The lowest BCUT2D eigenvalue weighted by Crippen LogP contribution is -2.17. The van der Waals surface area contributed by atoms with E-state index in [2.05, 4.69) is 25.4 Å². The molecule has 1 N–H and O–H groups in total. The molecular formula is C26H25F3N6O. The lowest BCUT2D eigenvalue weighted by molar-refractivity contribution is -0.115. The van der Waals surface area contributed by atoms with E-state index in [-0.39, 0.29) is 23.4 Å². The van der Waals surface area contributed by atoms with Crippen molar-refractivity contribution in [1.82, 2.24) is 24.7 Å². The van der Waals surface area contributed by atoms with Gasteiger partial charge in [-0.15, -0.1) is 0 Å². The van der Waals surface area contributed by atoms with Crippen LogP contribution in [0.25, 0.3) is 11.1 Å². The third kappa shape index (κ3) is 5.94. The van der Waals surface area contributed by atoms with Gasteiger partial charge in [0.25, 0.3) is 5.92 Å². The van der Waals surface area contributed by atoms with Crippen LogP contribution in [-0.4, -0.2) is 30.6 Å². The fourth-order valence-corrected chi connectivity index (χ4v) is 3.78. The summed E-state index contributed by atoms with van der Waals surface area (Å²) in [4.78, 5) is 25.0.